The number of likely N-dealkylation sites (N-methyl/N-ethyl adjacent to an activating group) is 1. The molecular weight excluding hydrogens is 468 g/mol. The minimum Gasteiger partial charge on any atom is -0.469 e. The van der Waals surface area contributed by atoms with Crippen molar-refractivity contribution in [3.05, 3.63) is 0 Å². The number of hydrogen-bond acceptors (Lipinski definition) is 4. The number of rotatable bonds is 5. The quantitative estimate of drug-likeness (QED) is 0.270. The zero-order valence-electron chi connectivity index (χ0n) is 15.3. The summed E-state index contributed by atoms with van der Waals surface area (Å²) < 4.78 is 41.8. The number of aliphatic imine (C=N–C) groups is 1. The van der Waals surface area contributed by atoms with Crippen LogP contribution >= 0.6 is 24.0 Å². The van der Waals surface area contributed by atoms with Crippen LogP contribution in [0, 0.1) is 11.8 Å². The second kappa shape index (κ2) is 10.8. The fraction of sp³-hybridized carbons (Fsp3) is 0.800. The number of esters is 1. The van der Waals surface area contributed by atoms with Crippen molar-refractivity contribution < 1.29 is 27.5 Å². The van der Waals surface area contributed by atoms with Crippen LogP contribution in [0.5, 0.6) is 0 Å². The highest BCUT2D eigenvalue weighted by atomic mass is 127. The predicted molar refractivity (Wildman–Crippen MR) is 101 cm³/mol. The van der Waals surface area contributed by atoms with E-state index >= 15 is 0 Å². The summed E-state index contributed by atoms with van der Waals surface area (Å²) in [5.74, 6) is -0.914. The molecule has 0 saturated carbocycles. The number of nitrogens with one attached hydrogen (secondary N) is 1. The Morgan fingerprint density at radius 3 is 2.46 bits per heavy atom. The van der Waals surface area contributed by atoms with Gasteiger partial charge < -0.3 is 19.9 Å². The summed E-state index contributed by atoms with van der Waals surface area (Å²) in [5, 5.41) is 3.00. The molecule has 0 spiro atoms. The summed E-state index contributed by atoms with van der Waals surface area (Å²) in [6, 6.07) is 0. The molecule has 2 unspecified atom stereocenters. The molecule has 152 valence electrons. The first-order valence-electron chi connectivity index (χ1n) is 8.00. The van der Waals surface area contributed by atoms with Crippen molar-refractivity contribution in [1.29, 1.82) is 0 Å². The summed E-state index contributed by atoms with van der Waals surface area (Å²) in [7, 11) is 2.41. The molecule has 1 heterocycles. The third-order valence-electron chi connectivity index (χ3n) is 3.96. The summed E-state index contributed by atoms with van der Waals surface area (Å²) in [4.78, 5) is 30.1. The molecule has 1 rings (SSSR count). The molecule has 11 heteroatoms. The zero-order chi connectivity index (χ0) is 19.2. The van der Waals surface area contributed by atoms with Crippen LogP contribution < -0.4 is 5.32 Å². The topological polar surface area (TPSA) is 74.2 Å². The largest absolute Gasteiger partial charge is 0.469 e. The van der Waals surface area contributed by atoms with Crippen LogP contribution in [-0.2, 0) is 14.3 Å². The van der Waals surface area contributed by atoms with Crippen molar-refractivity contribution in [2.75, 3.05) is 46.9 Å². The van der Waals surface area contributed by atoms with Gasteiger partial charge in [0.1, 0.15) is 13.1 Å². The third kappa shape index (κ3) is 7.54. The summed E-state index contributed by atoms with van der Waals surface area (Å²) in [6.07, 6.45) is -4.45. The van der Waals surface area contributed by atoms with Crippen LogP contribution in [0.25, 0.3) is 0 Å². The second-order valence-electron chi connectivity index (χ2n) is 6.05. The predicted octanol–water partition coefficient (Wildman–Crippen LogP) is 1.33. The van der Waals surface area contributed by atoms with Gasteiger partial charge in [0.05, 0.1) is 13.0 Å². The molecule has 1 aliphatic rings. The van der Waals surface area contributed by atoms with E-state index in [1.165, 1.54) is 7.11 Å². The molecule has 0 aromatic rings. The van der Waals surface area contributed by atoms with Gasteiger partial charge in [-0.05, 0) is 12.8 Å². The second-order valence-corrected chi connectivity index (χ2v) is 6.05. The highest BCUT2D eigenvalue weighted by molar-refractivity contribution is 14.0. The van der Waals surface area contributed by atoms with Crippen molar-refractivity contribution in [2.45, 2.75) is 20.0 Å². The van der Waals surface area contributed by atoms with Crippen molar-refractivity contribution in [3.8, 4) is 0 Å². The molecule has 1 N–H and O–H groups in total. The first-order valence-corrected chi connectivity index (χ1v) is 8.00. The molecule has 1 amide bonds. The van der Waals surface area contributed by atoms with Gasteiger partial charge in [-0.15, -0.1) is 24.0 Å². The first-order chi connectivity index (χ1) is 11.6. The molecule has 1 aliphatic heterocycles. The number of amides is 1. The van der Waals surface area contributed by atoms with E-state index in [9.17, 15) is 22.8 Å². The Hall–Kier alpha value is -1.27. The SMILES string of the molecule is CCNC(=NCC(=O)N(C)CC(F)(F)F)N1CC(C)C(C(=O)OC)C1.I. The van der Waals surface area contributed by atoms with Crippen molar-refractivity contribution in [1.82, 2.24) is 15.1 Å². The Morgan fingerprint density at radius 1 is 1.35 bits per heavy atom. The number of carbonyl (C=O) groups excluding carboxylic acids is 2. The fourth-order valence-corrected chi connectivity index (χ4v) is 2.64. The number of likely N-dealkylation sites (tertiary alicyclic amines) is 1. The van der Waals surface area contributed by atoms with E-state index in [0.29, 0.717) is 30.5 Å². The number of ether oxygens (including phenoxy) is 1. The van der Waals surface area contributed by atoms with Gasteiger partial charge in [0, 0.05) is 26.7 Å². The van der Waals surface area contributed by atoms with Gasteiger partial charge in [-0.3, -0.25) is 9.59 Å². The normalized spacial score (nSPS) is 20.4. The van der Waals surface area contributed by atoms with E-state index in [4.69, 9.17) is 4.74 Å². The summed E-state index contributed by atoms with van der Waals surface area (Å²) in [5.41, 5.74) is 0. The third-order valence-corrected chi connectivity index (χ3v) is 3.96. The monoisotopic (exact) mass is 494 g/mol. The molecule has 7 nitrogen and oxygen atoms in total. The number of alkyl halides is 3. The Balaban J connectivity index is 0.00000625. The number of halogens is 4. The van der Waals surface area contributed by atoms with Gasteiger partial charge in [-0.25, -0.2) is 4.99 Å². The van der Waals surface area contributed by atoms with Gasteiger partial charge in [0.2, 0.25) is 5.91 Å². The Kier molecular flexibility index (Phi) is 10.2. The van der Waals surface area contributed by atoms with Crippen LogP contribution in [0.2, 0.25) is 0 Å². The van der Waals surface area contributed by atoms with E-state index in [1.54, 1.807) is 0 Å². The van der Waals surface area contributed by atoms with E-state index in [1.807, 2.05) is 18.7 Å². The molecule has 26 heavy (non-hydrogen) atoms. The Bertz CT molecular complexity index is 517. The lowest BCUT2D eigenvalue weighted by molar-refractivity contribution is -0.157. The fourth-order valence-electron chi connectivity index (χ4n) is 2.64. The molecular formula is C15H26F3IN4O3. The number of hydrogen-bond donors (Lipinski definition) is 1. The average molecular weight is 494 g/mol. The van der Waals surface area contributed by atoms with Crippen LogP contribution in [-0.4, -0.2) is 80.7 Å². The molecule has 0 aliphatic carbocycles. The zero-order valence-corrected chi connectivity index (χ0v) is 17.6. The number of guanidine groups is 1. The molecule has 1 saturated heterocycles. The lowest BCUT2D eigenvalue weighted by atomic mass is 9.99. The van der Waals surface area contributed by atoms with Crippen LogP contribution in [0.1, 0.15) is 13.8 Å². The van der Waals surface area contributed by atoms with E-state index in [0.717, 1.165) is 7.05 Å². The number of nitrogens with zero attached hydrogens (tertiary/aromatic N) is 3. The standard InChI is InChI=1S/C15H25F3N4O3.HI/c1-5-19-14(20-6-12(23)21(3)9-15(16,17)18)22-7-10(2)11(8-22)13(24)25-4;/h10-11H,5-9H2,1-4H3,(H,19,20);1H. The van der Waals surface area contributed by atoms with Crippen LogP contribution in [0.3, 0.4) is 0 Å². The molecule has 0 aromatic carbocycles. The van der Waals surface area contributed by atoms with Gasteiger partial charge in [0.25, 0.3) is 0 Å². The summed E-state index contributed by atoms with van der Waals surface area (Å²) in [6.45, 7) is 3.48. The smallest absolute Gasteiger partial charge is 0.406 e. The highest BCUT2D eigenvalue weighted by Crippen LogP contribution is 2.24. The Morgan fingerprint density at radius 2 is 1.96 bits per heavy atom. The highest BCUT2D eigenvalue weighted by Gasteiger charge is 2.37. The molecule has 0 radical (unpaired) electrons. The first kappa shape index (κ1) is 24.7. The lowest BCUT2D eigenvalue weighted by Gasteiger charge is -2.22. The van der Waals surface area contributed by atoms with E-state index in [2.05, 4.69) is 10.3 Å². The van der Waals surface area contributed by atoms with Crippen LogP contribution in [0.4, 0.5) is 13.2 Å². The lowest BCUT2D eigenvalue weighted by Crippen LogP contribution is -2.42. The average Bonchev–Trinajstić information content (AvgIpc) is 2.90. The minimum atomic E-state index is -4.45. The molecule has 0 aromatic heterocycles. The number of carbonyl (C=O) groups is 2. The van der Waals surface area contributed by atoms with Gasteiger partial charge in [-0.1, -0.05) is 6.92 Å². The molecule has 0 bridgehead atoms. The van der Waals surface area contributed by atoms with Crippen molar-refractivity contribution in [3.63, 3.8) is 0 Å². The van der Waals surface area contributed by atoms with Crippen molar-refractivity contribution >= 4 is 41.8 Å². The van der Waals surface area contributed by atoms with E-state index in [-0.39, 0.29) is 41.8 Å². The minimum absolute atomic E-state index is 0. The molecule has 2 atom stereocenters. The van der Waals surface area contributed by atoms with Gasteiger partial charge >= 0.3 is 12.1 Å². The summed E-state index contributed by atoms with van der Waals surface area (Å²) >= 11 is 0. The maximum absolute atomic E-state index is 12.3. The Labute approximate surface area is 168 Å². The van der Waals surface area contributed by atoms with Gasteiger partial charge in [0.15, 0.2) is 5.96 Å². The molecule has 1 fully saturated rings. The number of methoxy groups -OCH3 is 1. The van der Waals surface area contributed by atoms with E-state index < -0.39 is 25.2 Å². The maximum Gasteiger partial charge on any atom is 0.406 e. The van der Waals surface area contributed by atoms with Gasteiger partial charge in [-0.2, -0.15) is 13.2 Å². The van der Waals surface area contributed by atoms with Crippen molar-refractivity contribution in [2.24, 2.45) is 16.8 Å². The van der Waals surface area contributed by atoms with Crippen LogP contribution in [0.15, 0.2) is 4.99 Å². The maximum atomic E-state index is 12.3.